The zero-order chi connectivity index (χ0) is 20.5. The van der Waals surface area contributed by atoms with Gasteiger partial charge in [-0.2, -0.15) is 23.0 Å². The third kappa shape index (κ3) is 4.32. The third-order valence-electron chi connectivity index (χ3n) is 4.96. The summed E-state index contributed by atoms with van der Waals surface area (Å²) < 4.78 is 39.0. The fourth-order valence-corrected chi connectivity index (χ4v) is 3.68. The summed E-state index contributed by atoms with van der Waals surface area (Å²) in [5.74, 6) is 0.582. The molecule has 3 rings (SSSR count). The van der Waals surface area contributed by atoms with Crippen LogP contribution in [0, 0.1) is 5.92 Å². The van der Waals surface area contributed by atoms with Gasteiger partial charge < -0.3 is 4.90 Å². The molecule has 28 heavy (non-hydrogen) atoms. The van der Waals surface area contributed by atoms with Crippen molar-refractivity contribution in [1.82, 2.24) is 14.8 Å². The number of nitrogens with zero attached hydrogens (tertiary/aromatic N) is 4. The van der Waals surface area contributed by atoms with E-state index in [9.17, 15) is 18.0 Å². The van der Waals surface area contributed by atoms with E-state index in [1.54, 1.807) is 0 Å². The van der Waals surface area contributed by atoms with Gasteiger partial charge in [-0.15, -0.1) is 0 Å². The van der Waals surface area contributed by atoms with Crippen molar-refractivity contribution < 1.29 is 13.2 Å². The minimum atomic E-state index is -4.49. The molecule has 2 aromatic rings. The molecule has 2 aromatic heterocycles. The summed E-state index contributed by atoms with van der Waals surface area (Å²) in [4.78, 5) is 18.5. The lowest BCUT2D eigenvalue weighted by Gasteiger charge is -2.27. The van der Waals surface area contributed by atoms with Crippen LogP contribution in [0.3, 0.4) is 0 Å². The van der Waals surface area contributed by atoms with Gasteiger partial charge in [0, 0.05) is 18.8 Å². The van der Waals surface area contributed by atoms with E-state index in [1.165, 1.54) is 6.20 Å². The van der Waals surface area contributed by atoms with Crippen molar-refractivity contribution in [3.8, 4) is 5.82 Å². The van der Waals surface area contributed by atoms with Gasteiger partial charge in [0.2, 0.25) is 0 Å². The fraction of sp³-hybridized carbons (Fsp3) is 0.526. The summed E-state index contributed by atoms with van der Waals surface area (Å²) in [5.41, 5.74) is -0.918. The van der Waals surface area contributed by atoms with Crippen molar-refractivity contribution >= 4 is 17.3 Å². The lowest BCUT2D eigenvalue weighted by Crippen LogP contribution is -2.33. The molecule has 3 heterocycles. The van der Waals surface area contributed by atoms with Gasteiger partial charge in [0.15, 0.2) is 5.82 Å². The molecule has 1 fully saturated rings. The van der Waals surface area contributed by atoms with E-state index >= 15 is 0 Å². The van der Waals surface area contributed by atoms with Crippen LogP contribution in [-0.4, -0.2) is 27.4 Å². The van der Waals surface area contributed by atoms with E-state index in [1.807, 2.05) is 0 Å². The molecule has 0 aromatic carbocycles. The van der Waals surface area contributed by atoms with Crippen LogP contribution < -0.4 is 10.5 Å². The SMILES string of the molecule is CC(C)CCC1CCCN1c1cnn(-c2ccc(C(F)(F)F)cn2)c(=O)c1Cl. The molecule has 0 bridgehead atoms. The molecule has 1 atom stereocenters. The Labute approximate surface area is 166 Å². The molecule has 0 saturated carbocycles. The monoisotopic (exact) mass is 414 g/mol. The average molecular weight is 415 g/mol. The summed E-state index contributed by atoms with van der Waals surface area (Å²) in [6.45, 7) is 5.14. The second-order valence-electron chi connectivity index (χ2n) is 7.42. The van der Waals surface area contributed by atoms with Crippen LogP contribution in [0.1, 0.15) is 45.1 Å². The maximum absolute atomic E-state index is 12.7. The van der Waals surface area contributed by atoms with Crippen molar-refractivity contribution in [3.63, 3.8) is 0 Å². The molecule has 0 amide bonds. The predicted molar refractivity (Wildman–Crippen MR) is 102 cm³/mol. The third-order valence-corrected chi connectivity index (χ3v) is 5.31. The first-order valence-corrected chi connectivity index (χ1v) is 9.64. The predicted octanol–water partition coefficient (Wildman–Crippen LogP) is 4.70. The maximum atomic E-state index is 12.7. The Morgan fingerprint density at radius 1 is 1.29 bits per heavy atom. The van der Waals surface area contributed by atoms with Crippen molar-refractivity contribution in [1.29, 1.82) is 0 Å². The molecule has 0 aliphatic carbocycles. The molecule has 1 aliphatic heterocycles. The maximum Gasteiger partial charge on any atom is 0.417 e. The largest absolute Gasteiger partial charge is 0.417 e. The molecule has 152 valence electrons. The first-order chi connectivity index (χ1) is 13.2. The van der Waals surface area contributed by atoms with Crippen LogP contribution in [0.25, 0.3) is 5.82 Å². The van der Waals surface area contributed by atoms with Crippen molar-refractivity contribution in [2.24, 2.45) is 5.92 Å². The Morgan fingerprint density at radius 2 is 2.04 bits per heavy atom. The van der Waals surface area contributed by atoms with E-state index in [2.05, 4.69) is 28.8 Å². The van der Waals surface area contributed by atoms with Crippen LogP contribution >= 0.6 is 11.6 Å². The molecule has 0 spiro atoms. The molecule has 0 N–H and O–H groups in total. The first-order valence-electron chi connectivity index (χ1n) is 9.26. The second-order valence-corrected chi connectivity index (χ2v) is 7.80. The number of halogens is 4. The minimum absolute atomic E-state index is 0.00754. The Morgan fingerprint density at radius 3 is 2.64 bits per heavy atom. The van der Waals surface area contributed by atoms with Gasteiger partial charge in [-0.1, -0.05) is 25.4 Å². The lowest BCUT2D eigenvalue weighted by molar-refractivity contribution is -0.137. The van der Waals surface area contributed by atoms with Gasteiger partial charge in [0.05, 0.1) is 17.4 Å². The molecule has 0 radical (unpaired) electrons. The average Bonchev–Trinajstić information content (AvgIpc) is 3.10. The van der Waals surface area contributed by atoms with Gasteiger partial charge in [-0.3, -0.25) is 4.79 Å². The summed E-state index contributed by atoms with van der Waals surface area (Å²) in [6, 6.07) is 2.27. The number of hydrogen-bond donors (Lipinski definition) is 0. The molecular formula is C19H22ClF3N4O. The van der Waals surface area contributed by atoms with E-state index in [-0.39, 0.29) is 10.8 Å². The lowest BCUT2D eigenvalue weighted by atomic mass is 10.0. The summed E-state index contributed by atoms with van der Waals surface area (Å²) in [6.07, 6.45) is 1.82. The van der Waals surface area contributed by atoms with Gasteiger partial charge in [-0.25, -0.2) is 4.98 Å². The Hall–Kier alpha value is -2.09. The quantitative estimate of drug-likeness (QED) is 0.711. The summed E-state index contributed by atoms with van der Waals surface area (Å²) >= 11 is 6.34. The molecular weight excluding hydrogens is 393 g/mol. The van der Waals surface area contributed by atoms with Gasteiger partial charge in [0.25, 0.3) is 5.56 Å². The minimum Gasteiger partial charge on any atom is -0.366 e. The van der Waals surface area contributed by atoms with Crippen molar-refractivity contribution in [2.75, 3.05) is 11.4 Å². The number of alkyl halides is 3. The van der Waals surface area contributed by atoms with Crippen LogP contribution in [0.5, 0.6) is 0 Å². The van der Waals surface area contributed by atoms with Crippen LogP contribution in [-0.2, 0) is 6.18 Å². The highest BCUT2D eigenvalue weighted by Gasteiger charge is 2.31. The van der Waals surface area contributed by atoms with Crippen LogP contribution in [0.4, 0.5) is 18.9 Å². The fourth-order valence-electron chi connectivity index (χ4n) is 3.45. The highest BCUT2D eigenvalue weighted by molar-refractivity contribution is 6.33. The highest BCUT2D eigenvalue weighted by Crippen LogP contribution is 2.32. The van der Waals surface area contributed by atoms with E-state index in [0.717, 1.165) is 49.0 Å². The van der Waals surface area contributed by atoms with Gasteiger partial charge in [-0.05, 0) is 43.7 Å². The Bertz CT molecular complexity index is 880. The van der Waals surface area contributed by atoms with E-state index in [0.29, 0.717) is 23.8 Å². The van der Waals surface area contributed by atoms with Crippen LogP contribution in [0.15, 0.2) is 29.3 Å². The summed E-state index contributed by atoms with van der Waals surface area (Å²) in [7, 11) is 0. The smallest absolute Gasteiger partial charge is 0.366 e. The molecule has 1 aliphatic rings. The number of hydrogen-bond acceptors (Lipinski definition) is 4. The van der Waals surface area contributed by atoms with Crippen molar-refractivity contribution in [3.05, 3.63) is 45.5 Å². The van der Waals surface area contributed by atoms with E-state index in [4.69, 9.17) is 11.6 Å². The van der Waals surface area contributed by atoms with Gasteiger partial charge >= 0.3 is 6.18 Å². The molecule has 1 saturated heterocycles. The number of rotatable bonds is 5. The first kappa shape index (κ1) is 20.6. The van der Waals surface area contributed by atoms with Gasteiger partial charge in [0.1, 0.15) is 5.02 Å². The Kier molecular flexibility index (Phi) is 5.98. The van der Waals surface area contributed by atoms with Crippen molar-refractivity contribution in [2.45, 2.75) is 51.7 Å². The standard InChI is InChI=1S/C19H22ClF3N4O/c1-12(2)5-7-14-4-3-9-26(14)15-11-25-27(18(28)17(15)20)16-8-6-13(10-24-16)19(21,22)23/h6,8,10-12,14H,3-5,7,9H2,1-2H3. The normalized spacial score (nSPS) is 17.5. The van der Waals surface area contributed by atoms with Crippen LogP contribution in [0.2, 0.25) is 5.02 Å². The zero-order valence-corrected chi connectivity index (χ0v) is 16.5. The number of anilines is 1. The topological polar surface area (TPSA) is 51.0 Å². The second kappa shape index (κ2) is 8.11. The Balaban J connectivity index is 1.88. The summed E-state index contributed by atoms with van der Waals surface area (Å²) in [5, 5.41) is 4.12. The number of pyridine rings is 1. The molecule has 5 nitrogen and oxygen atoms in total. The molecule has 1 unspecified atom stereocenters. The van der Waals surface area contributed by atoms with E-state index < -0.39 is 17.3 Å². The highest BCUT2D eigenvalue weighted by atomic mass is 35.5. The number of aromatic nitrogens is 3. The zero-order valence-electron chi connectivity index (χ0n) is 15.7. The molecule has 9 heteroatoms.